The topological polar surface area (TPSA) is 20.3 Å². The van der Waals surface area contributed by atoms with Crippen LogP contribution in [0.15, 0.2) is 0 Å². The fourth-order valence-corrected chi connectivity index (χ4v) is 1.97. The predicted molar refractivity (Wildman–Crippen MR) is 50.2 cm³/mol. The fraction of sp³-hybridized carbons (Fsp3) is 0.900. The molecule has 1 fully saturated rings. The average molecular weight is 169 g/mol. The molecule has 2 nitrogen and oxygen atoms in total. The van der Waals surface area contributed by atoms with Crippen molar-refractivity contribution in [3.8, 4) is 0 Å². The van der Waals surface area contributed by atoms with E-state index < -0.39 is 0 Å². The SMILES string of the molecule is CC(=O)C(C)(C)N1CCCC1C. The van der Waals surface area contributed by atoms with Gasteiger partial charge in [0.15, 0.2) is 0 Å². The molecule has 1 rings (SSSR count). The Morgan fingerprint density at radius 1 is 1.50 bits per heavy atom. The Labute approximate surface area is 74.9 Å². The molecule has 0 aliphatic carbocycles. The molecule has 0 N–H and O–H groups in total. The standard InChI is InChI=1S/C10H19NO/c1-8-6-5-7-11(8)10(3,4)9(2)12/h8H,5-7H2,1-4H3. The summed E-state index contributed by atoms with van der Waals surface area (Å²) in [7, 11) is 0. The summed E-state index contributed by atoms with van der Waals surface area (Å²) < 4.78 is 0. The summed E-state index contributed by atoms with van der Waals surface area (Å²) in [5, 5.41) is 0. The van der Waals surface area contributed by atoms with E-state index in [0.29, 0.717) is 6.04 Å². The maximum Gasteiger partial charge on any atom is 0.149 e. The van der Waals surface area contributed by atoms with E-state index in [2.05, 4.69) is 11.8 Å². The number of hydrogen-bond acceptors (Lipinski definition) is 2. The van der Waals surface area contributed by atoms with Crippen LogP contribution in [0.1, 0.15) is 40.5 Å². The van der Waals surface area contributed by atoms with Crippen LogP contribution in [0.5, 0.6) is 0 Å². The number of carbonyl (C=O) groups excluding carboxylic acids is 1. The lowest BCUT2D eigenvalue weighted by Gasteiger charge is -2.36. The van der Waals surface area contributed by atoms with Crippen molar-refractivity contribution >= 4 is 5.78 Å². The maximum atomic E-state index is 11.4. The largest absolute Gasteiger partial charge is 0.298 e. The molecule has 0 bridgehead atoms. The van der Waals surface area contributed by atoms with Gasteiger partial charge >= 0.3 is 0 Å². The van der Waals surface area contributed by atoms with E-state index in [0.717, 1.165) is 6.54 Å². The van der Waals surface area contributed by atoms with Gasteiger partial charge in [-0.2, -0.15) is 0 Å². The van der Waals surface area contributed by atoms with Crippen LogP contribution in [-0.2, 0) is 4.79 Å². The van der Waals surface area contributed by atoms with Crippen LogP contribution in [-0.4, -0.2) is 28.8 Å². The number of ketones is 1. The van der Waals surface area contributed by atoms with E-state index in [9.17, 15) is 4.79 Å². The third-order valence-corrected chi connectivity index (χ3v) is 3.13. The molecular formula is C10H19NO. The van der Waals surface area contributed by atoms with Crippen molar-refractivity contribution in [2.24, 2.45) is 0 Å². The van der Waals surface area contributed by atoms with Gasteiger partial charge in [-0.15, -0.1) is 0 Å². The molecule has 0 spiro atoms. The summed E-state index contributed by atoms with van der Waals surface area (Å²) in [5.74, 6) is 0.274. The van der Waals surface area contributed by atoms with Crippen LogP contribution in [0.25, 0.3) is 0 Å². The molecule has 1 saturated heterocycles. The summed E-state index contributed by atoms with van der Waals surface area (Å²) in [6, 6.07) is 0.573. The lowest BCUT2D eigenvalue weighted by Crippen LogP contribution is -2.50. The van der Waals surface area contributed by atoms with Crippen LogP contribution < -0.4 is 0 Å². The highest BCUT2D eigenvalue weighted by atomic mass is 16.1. The van der Waals surface area contributed by atoms with Gasteiger partial charge in [0.05, 0.1) is 5.54 Å². The number of hydrogen-bond donors (Lipinski definition) is 0. The Hall–Kier alpha value is -0.370. The van der Waals surface area contributed by atoms with Crippen molar-refractivity contribution in [2.45, 2.75) is 52.1 Å². The van der Waals surface area contributed by atoms with E-state index in [1.165, 1.54) is 12.8 Å². The predicted octanol–water partition coefficient (Wildman–Crippen LogP) is 1.84. The summed E-state index contributed by atoms with van der Waals surface area (Å²) in [4.78, 5) is 13.7. The molecule has 1 aliphatic heterocycles. The van der Waals surface area contributed by atoms with Crippen molar-refractivity contribution in [2.75, 3.05) is 6.54 Å². The molecule has 1 aliphatic rings. The van der Waals surface area contributed by atoms with Crippen LogP contribution in [0, 0.1) is 0 Å². The van der Waals surface area contributed by atoms with E-state index in [4.69, 9.17) is 0 Å². The molecule has 1 heterocycles. The first-order valence-electron chi connectivity index (χ1n) is 4.74. The Kier molecular flexibility index (Phi) is 2.57. The fourth-order valence-electron chi connectivity index (χ4n) is 1.97. The van der Waals surface area contributed by atoms with Gasteiger partial charge in [0, 0.05) is 6.04 Å². The molecule has 1 atom stereocenters. The zero-order valence-corrected chi connectivity index (χ0v) is 8.55. The van der Waals surface area contributed by atoms with Crippen molar-refractivity contribution in [1.29, 1.82) is 0 Å². The number of rotatable bonds is 2. The van der Waals surface area contributed by atoms with Crippen LogP contribution >= 0.6 is 0 Å². The molecule has 1 unspecified atom stereocenters. The lowest BCUT2D eigenvalue weighted by atomic mass is 9.97. The molecule has 70 valence electrons. The first-order chi connectivity index (χ1) is 5.46. The second-order valence-electron chi connectivity index (χ2n) is 4.30. The van der Waals surface area contributed by atoms with Gasteiger partial charge in [-0.05, 0) is 47.1 Å². The molecule has 0 aromatic carbocycles. The lowest BCUT2D eigenvalue weighted by molar-refractivity contribution is -0.127. The third kappa shape index (κ3) is 1.53. The van der Waals surface area contributed by atoms with Crippen molar-refractivity contribution < 1.29 is 4.79 Å². The molecule has 0 radical (unpaired) electrons. The Balaban J connectivity index is 2.73. The number of likely N-dealkylation sites (tertiary alicyclic amines) is 1. The molecule has 0 saturated carbocycles. The van der Waals surface area contributed by atoms with Crippen molar-refractivity contribution in [3.63, 3.8) is 0 Å². The zero-order chi connectivity index (χ0) is 9.35. The van der Waals surface area contributed by atoms with Crippen LogP contribution in [0.2, 0.25) is 0 Å². The summed E-state index contributed by atoms with van der Waals surface area (Å²) in [6.07, 6.45) is 2.47. The average Bonchev–Trinajstić information content (AvgIpc) is 2.35. The smallest absolute Gasteiger partial charge is 0.149 e. The second kappa shape index (κ2) is 3.17. The van der Waals surface area contributed by atoms with Gasteiger partial charge < -0.3 is 0 Å². The molecule has 0 aromatic rings. The highest BCUT2D eigenvalue weighted by molar-refractivity contribution is 5.85. The van der Waals surface area contributed by atoms with Gasteiger partial charge in [0.25, 0.3) is 0 Å². The van der Waals surface area contributed by atoms with Gasteiger partial charge in [-0.3, -0.25) is 9.69 Å². The van der Waals surface area contributed by atoms with Crippen LogP contribution in [0.4, 0.5) is 0 Å². The Morgan fingerprint density at radius 2 is 2.08 bits per heavy atom. The van der Waals surface area contributed by atoms with E-state index in [-0.39, 0.29) is 11.3 Å². The van der Waals surface area contributed by atoms with Gasteiger partial charge in [0.1, 0.15) is 5.78 Å². The van der Waals surface area contributed by atoms with Crippen molar-refractivity contribution in [1.82, 2.24) is 4.90 Å². The zero-order valence-electron chi connectivity index (χ0n) is 8.55. The van der Waals surface area contributed by atoms with E-state index in [1.54, 1.807) is 6.92 Å². The maximum absolute atomic E-state index is 11.4. The monoisotopic (exact) mass is 169 g/mol. The van der Waals surface area contributed by atoms with Gasteiger partial charge in [0.2, 0.25) is 0 Å². The third-order valence-electron chi connectivity index (χ3n) is 3.13. The van der Waals surface area contributed by atoms with Gasteiger partial charge in [-0.25, -0.2) is 0 Å². The molecule has 12 heavy (non-hydrogen) atoms. The Morgan fingerprint density at radius 3 is 2.42 bits per heavy atom. The highest BCUT2D eigenvalue weighted by Crippen LogP contribution is 2.26. The highest BCUT2D eigenvalue weighted by Gasteiger charge is 2.36. The van der Waals surface area contributed by atoms with E-state index in [1.807, 2.05) is 13.8 Å². The Bertz CT molecular complexity index is 186. The van der Waals surface area contributed by atoms with E-state index >= 15 is 0 Å². The number of Topliss-reactive ketones (excluding diaryl/α,β-unsaturated/α-hetero) is 1. The first-order valence-corrected chi connectivity index (χ1v) is 4.74. The first kappa shape index (κ1) is 9.72. The molecule has 2 heteroatoms. The minimum Gasteiger partial charge on any atom is -0.298 e. The summed E-state index contributed by atoms with van der Waals surface area (Å²) in [6.45, 7) is 9.02. The number of nitrogens with zero attached hydrogens (tertiary/aromatic N) is 1. The minimum absolute atomic E-state index is 0.254. The van der Waals surface area contributed by atoms with Crippen molar-refractivity contribution in [3.05, 3.63) is 0 Å². The quantitative estimate of drug-likeness (QED) is 0.628. The summed E-state index contributed by atoms with van der Waals surface area (Å²) >= 11 is 0. The van der Waals surface area contributed by atoms with Gasteiger partial charge in [-0.1, -0.05) is 0 Å². The summed E-state index contributed by atoms with van der Waals surface area (Å²) in [5.41, 5.74) is -0.254. The van der Waals surface area contributed by atoms with Crippen LogP contribution in [0.3, 0.4) is 0 Å². The normalized spacial score (nSPS) is 26.2. The molecule has 0 amide bonds. The second-order valence-corrected chi connectivity index (χ2v) is 4.30. The minimum atomic E-state index is -0.254. The number of carbonyl (C=O) groups is 1. The molecular weight excluding hydrogens is 150 g/mol. The molecule has 0 aromatic heterocycles.